The summed E-state index contributed by atoms with van der Waals surface area (Å²) in [4.78, 5) is 0. The smallest absolute Gasteiger partial charge is 0.115 e. The summed E-state index contributed by atoms with van der Waals surface area (Å²) in [6.45, 7) is 7.05. The monoisotopic (exact) mass is 230 g/mol. The number of hydrogen-bond acceptors (Lipinski definition) is 4. The van der Waals surface area contributed by atoms with Crippen molar-refractivity contribution in [3.63, 3.8) is 0 Å². The molecule has 0 spiro atoms. The minimum Gasteiger partial charge on any atom is -0.373 e. The third-order valence-electron chi connectivity index (χ3n) is 3.03. The largest absolute Gasteiger partial charge is 0.373 e. The van der Waals surface area contributed by atoms with Crippen molar-refractivity contribution < 1.29 is 18.9 Å². The van der Waals surface area contributed by atoms with Crippen LogP contribution in [-0.2, 0) is 18.9 Å². The molecule has 0 radical (unpaired) electrons. The van der Waals surface area contributed by atoms with Crippen molar-refractivity contribution >= 4 is 0 Å². The third kappa shape index (κ3) is 2.56. The molecule has 2 heterocycles. The Hall–Kier alpha value is -0.160. The molecular weight excluding hydrogens is 208 g/mol. The average Bonchev–Trinajstić information content (AvgIpc) is 2.86. The van der Waals surface area contributed by atoms with Gasteiger partial charge in [0, 0.05) is 13.2 Å². The van der Waals surface area contributed by atoms with E-state index in [1.807, 2.05) is 0 Å². The summed E-state index contributed by atoms with van der Waals surface area (Å²) in [5.41, 5.74) is 0. The highest BCUT2D eigenvalue weighted by molar-refractivity contribution is 4.95. The highest BCUT2D eigenvalue weighted by atomic mass is 16.6. The zero-order chi connectivity index (χ0) is 11.4. The second-order valence-electron chi connectivity index (χ2n) is 4.41. The van der Waals surface area contributed by atoms with Gasteiger partial charge in [0.05, 0.1) is 13.2 Å². The fourth-order valence-corrected chi connectivity index (χ4v) is 2.25. The summed E-state index contributed by atoms with van der Waals surface area (Å²) in [5.74, 6) is 0. The van der Waals surface area contributed by atoms with Gasteiger partial charge >= 0.3 is 0 Å². The molecule has 0 aromatic carbocycles. The molecule has 0 amide bonds. The van der Waals surface area contributed by atoms with Crippen molar-refractivity contribution in [3.8, 4) is 0 Å². The Kier molecular flexibility index (Phi) is 4.58. The first-order valence-electron chi connectivity index (χ1n) is 6.33. The first kappa shape index (κ1) is 12.3. The van der Waals surface area contributed by atoms with E-state index in [1.54, 1.807) is 0 Å². The number of ether oxygens (including phenoxy) is 4. The normalized spacial score (nSPS) is 37.9. The van der Waals surface area contributed by atoms with Crippen molar-refractivity contribution in [3.05, 3.63) is 0 Å². The zero-order valence-corrected chi connectivity index (χ0v) is 10.2. The fourth-order valence-electron chi connectivity index (χ4n) is 2.25. The molecule has 0 N–H and O–H groups in total. The SMILES string of the molecule is CCCO[C@H]1CO[C@H]2[C@H]1OC[C@@H]2OCCC. The van der Waals surface area contributed by atoms with Gasteiger partial charge < -0.3 is 18.9 Å². The Balaban J connectivity index is 1.80. The van der Waals surface area contributed by atoms with E-state index in [4.69, 9.17) is 18.9 Å². The zero-order valence-electron chi connectivity index (χ0n) is 10.2. The Morgan fingerprint density at radius 1 is 0.875 bits per heavy atom. The molecule has 0 aliphatic carbocycles. The summed E-state index contributed by atoms with van der Waals surface area (Å²) in [6, 6.07) is 0. The Bertz CT molecular complexity index is 187. The molecule has 2 rings (SSSR count). The summed E-state index contributed by atoms with van der Waals surface area (Å²) in [5, 5.41) is 0. The molecule has 4 nitrogen and oxygen atoms in total. The molecule has 2 aliphatic rings. The maximum atomic E-state index is 5.72. The highest BCUT2D eigenvalue weighted by Gasteiger charge is 2.48. The van der Waals surface area contributed by atoms with Crippen LogP contribution in [0.25, 0.3) is 0 Å². The van der Waals surface area contributed by atoms with Crippen LogP contribution in [0, 0.1) is 0 Å². The second kappa shape index (κ2) is 5.96. The predicted molar refractivity (Wildman–Crippen MR) is 59.5 cm³/mol. The van der Waals surface area contributed by atoms with E-state index in [1.165, 1.54) is 0 Å². The first-order chi connectivity index (χ1) is 7.86. The van der Waals surface area contributed by atoms with Gasteiger partial charge in [-0.25, -0.2) is 0 Å². The second-order valence-corrected chi connectivity index (χ2v) is 4.41. The van der Waals surface area contributed by atoms with Crippen molar-refractivity contribution in [1.82, 2.24) is 0 Å². The highest BCUT2D eigenvalue weighted by Crippen LogP contribution is 2.30. The lowest BCUT2D eigenvalue weighted by Gasteiger charge is -2.17. The van der Waals surface area contributed by atoms with E-state index in [0.29, 0.717) is 13.2 Å². The van der Waals surface area contributed by atoms with Crippen LogP contribution in [0.3, 0.4) is 0 Å². The third-order valence-corrected chi connectivity index (χ3v) is 3.03. The summed E-state index contributed by atoms with van der Waals surface area (Å²) in [6.07, 6.45) is 2.41. The average molecular weight is 230 g/mol. The maximum Gasteiger partial charge on any atom is 0.115 e. The predicted octanol–water partition coefficient (Wildman–Crippen LogP) is 1.37. The molecule has 4 heteroatoms. The molecular formula is C12H22O4. The van der Waals surface area contributed by atoms with Crippen LogP contribution in [0.2, 0.25) is 0 Å². The van der Waals surface area contributed by atoms with Crippen molar-refractivity contribution in [2.24, 2.45) is 0 Å². The van der Waals surface area contributed by atoms with Crippen LogP contribution in [0.5, 0.6) is 0 Å². The van der Waals surface area contributed by atoms with Gasteiger partial charge in [0.1, 0.15) is 24.4 Å². The van der Waals surface area contributed by atoms with Gasteiger partial charge in [-0.2, -0.15) is 0 Å². The van der Waals surface area contributed by atoms with Crippen LogP contribution < -0.4 is 0 Å². The van der Waals surface area contributed by atoms with E-state index in [-0.39, 0.29) is 24.4 Å². The van der Waals surface area contributed by atoms with Gasteiger partial charge in [0.2, 0.25) is 0 Å². The number of rotatable bonds is 6. The van der Waals surface area contributed by atoms with E-state index in [9.17, 15) is 0 Å². The van der Waals surface area contributed by atoms with E-state index >= 15 is 0 Å². The topological polar surface area (TPSA) is 36.9 Å². The van der Waals surface area contributed by atoms with Crippen LogP contribution in [0.15, 0.2) is 0 Å². The van der Waals surface area contributed by atoms with Gasteiger partial charge in [-0.05, 0) is 12.8 Å². The molecule has 94 valence electrons. The molecule has 2 aliphatic heterocycles. The Morgan fingerprint density at radius 2 is 1.31 bits per heavy atom. The van der Waals surface area contributed by atoms with E-state index in [0.717, 1.165) is 26.1 Å². The first-order valence-corrected chi connectivity index (χ1v) is 6.33. The van der Waals surface area contributed by atoms with Crippen molar-refractivity contribution in [2.45, 2.75) is 51.1 Å². The Labute approximate surface area is 97.2 Å². The van der Waals surface area contributed by atoms with Crippen molar-refractivity contribution in [2.75, 3.05) is 26.4 Å². The summed E-state index contributed by atoms with van der Waals surface area (Å²) >= 11 is 0. The van der Waals surface area contributed by atoms with Crippen LogP contribution in [0.1, 0.15) is 26.7 Å². The van der Waals surface area contributed by atoms with Gasteiger partial charge in [-0.3, -0.25) is 0 Å². The molecule has 16 heavy (non-hydrogen) atoms. The lowest BCUT2D eigenvalue weighted by molar-refractivity contribution is -0.0499. The molecule has 0 aromatic heterocycles. The van der Waals surface area contributed by atoms with Crippen LogP contribution >= 0.6 is 0 Å². The van der Waals surface area contributed by atoms with E-state index in [2.05, 4.69) is 13.8 Å². The van der Waals surface area contributed by atoms with Crippen molar-refractivity contribution in [1.29, 1.82) is 0 Å². The fraction of sp³-hybridized carbons (Fsp3) is 1.00. The van der Waals surface area contributed by atoms with Gasteiger partial charge in [-0.15, -0.1) is 0 Å². The number of hydrogen-bond donors (Lipinski definition) is 0. The van der Waals surface area contributed by atoms with Gasteiger partial charge in [-0.1, -0.05) is 13.8 Å². The summed E-state index contributed by atoms with van der Waals surface area (Å²) in [7, 11) is 0. The standard InChI is InChI=1S/C12H22O4/c1-3-5-13-9-7-15-12-10(14-6-4-2)8-16-11(9)12/h9-12H,3-8H2,1-2H3/t9-,10-,11-,12+/m0/s1. The quantitative estimate of drug-likeness (QED) is 0.690. The molecule has 2 saturated heterocycles. The van der Waals surface area contributed by atoms with Crippen LogP contribution in [-0.4, -0.2) is 50.8 Å². The molecule has 2 fully saturated rings. The number of fused-ring (bicyclic) bond motifs is 1. The maximum absolute atomic E-state index is 5.72. The molecule has 0 aromatic rings. The minimum atomic E-state index is 0.0772. The lowest BCUT2D eigenvalue weighted by Crippen LogP contribution is -2.34. The summed E-state index contributed by atoms with van der Waals surface area (Å²) < 4.78 is 22.9. The van der Waals surface area contributed by atoms with Crippen LogP contribution in [0.4, 0.5) is 0 Å². The minimum absolute atomic E-state index is 0.0772. The van der Waals surface area contributed by atoms with E-state index < -0.39 is 0 Å². The molecule has 0 unspecified atom stereocenters. The molecule has 0 saturated carbocycles. The molecule has 0 bridgehead atoms. The van der Waals surface area contributed by atoms with Gasteiger partial charge in [0.25, 0.3) is 0 Å². The lowest BCUT2D eigenvalue weighted by atomic mass is 10.1. The molecule has 4 atom stereocenters. The Morgan fingerprint density at radius 3 is 1.69 bits per heavy atom. The van der Waals surface area contributed by atoms with Gasteiger partial charge in [0.15, 0.2) is 0 Å².